The number of hydrogen-bond acceptors (Lipinski definition) is 7. The zero-order valence-corrected chi connectivity index (χ0v) is 18.4. The number of amides is 3. The van der Waals surface area contributed by atoms with Crippen molar-refractivity contribution in [3.8, 4) is 11.5 Å². The zero-order valence-electron chi connectivity index (χ0n) is 18.4. The minimum absolute atomic E-state index is 0.00683. The largest absolute Gasteiger partial charge is 0.493 e. The monoisotopic (exact) mass is 453 g/mol. The van der Waals surface area contributed by atoms with Crippen molar-refractivity contribution in [2.45, 2.75) is 12.6 Å². The van der Waals surface area contributed by atoms with Gasteiger partial charge in [0.15, 0.2) is 11.5 Å². The molecular formula is C23H23N3O7. The Morgan fingerprint density at radius 3 is 2.45 bits per heavy atom. The van der Waals surface area contributed by atoms with Crippen LogP contribution in [0.2, 0.25) is 0 Å². The van der Waals surface area contributed by atoms with Crippen molar-refractivity contribution in [2.75, 3.05) is 39.3 Å². The molecule has 0 saturated heterocycles. The molecule has 10 nitrogen and oxygen atoms in total. The SMILES string of the molecule is COC(=O)CCNC(=O)CN1C(=O)c2ccccc2N2C(=O)c3c(ccc(OC)c3OC)[C@H]12. The number of carbonyl (C=O) groups excluding carboxylic acids is 4. The van der Waals surface area contributed by atoms with Crippen molar-refractivity contribution >= 4 is 29.4 Å². The summed E-state index contributed by atoms with van der Waals surface area (Å²) < 4.78 is 15.4. The van der Waals surface area contributed by atoms with Crippen molar-refractivity contribution in [1.82, 2.24) is 10.2 Å². The first kappa shape index (κ1) is 22.1. The van der Waals surface area contributed by atoms with Gasteiger partial charge in [0.1, 0.15) is 12.7 Å². The summed E-state index contributed by atoms with van der Waals surface area (Å²) in [5, 5.41) is 2.61. The van der Waals surface area contributed by atoms with Crippen LogP contribution in [0.3, 0.4) is 0 Å². The van der Waals surface area contributed by atoms with Gasteiger partial charge in [0, 0.05) is 12.1 Å². The maximum atomic E-state index is 13.6. The van der Waals surface area contributed by atoms with E-state index >= 15 is 0 Å². The first-order valence-corrected chi connectivity index (χ1v) is 10.2. The molecule has 2 aliphatic heterocycles. The van der Waals surface area contributed by atoms with Gasteiger partial charge in [-0.3, -0.25) is 24.1 Å². The maximum absolute atomic E-state index is 13.6. The van der Waals surface area contributed by atoms with Crippen LogP contribution in [0.15, 0.2) is 36.4 Å². The van der Waals surface area contributed by atoms with Crippen LogP contribution in [0.5, 0.6) is 11.5 Å². The number of nitrogens with zero attached hydrogens (tertiary/aromatic N) is 2. The number of para-hydroxylation sites is 1. The molecule has 2 aromatic carbocycles. The van der Waals surface area contributed by atoms with Gasteiger partial charge in [-0.05, 0) is 18.2 Å². The predicted octanol–water partition coefficient (Wildman–Crippen LogP) is 1.50. The van der Waals surface area contributed by atoms with Gasteiger partial charge in [-0.25, -0.2) is 0 Å². The molecule has 0 saturated carbocycles. The molecule has 0 unspecified atom stereocenters. The highest BCUT2D eigenvalue weighted by Crippen LogP contribution is 2.49. The molecule has 4 rings (SSSR count). The number of anilines is 1. The molecular weight excluding hydrogens is 430 g/mol. The minimum atomic E-state index is -0.832. The van der Waals surface area contributed by atoms with E-state index in [1.807, 2.05) is 0 Å². The van der Waals surface area contributed by atoms with Crippen molar-refractivity contribution in [2.24, 2.45) is 0 Å². The summed E-state index contributed by atoms with van der Waals surface area (Å²) in [4.78, 5) is 53.7. The molecule has 0 spiro atoms. The molecule has 33 heavy (non-hydrogen) atoms. The Morgan fingerprint density at radius 2 is 1.76 bits per heavy atom. The van der Waals surface area contributed by atoms with Crippen LogP contribution < -0.4 is 19.7 Å². The molecule has 1 atom stereocenters. The van der Waals surface area contributed by atoms with E-state index < -0.39 is 18.0 Å². The lowest BCUT2D eigenvalue weighted by Gasteiger charge is -2.40. The highest BCUT2D eigenvalue weighted by atomic mass is 16.5. The van der Waals surface area contributed by atoms with Crippen LogP contribution in [0.25, 0.3) is 0 Å². The molecule has 0 aliphatic carbocycles. The number of nitrogens with one attached hydrogen (secondary N) is 1. The van der Waals surface area contributed by atoms with Gasteiger partial charge >= 0.3 is 5.97 Å². The van der Waals surface area contributed by atoms with E-state index in [0.29, 0.717) is 22.6 Å². The van der Waals surface area contributed by atoms with Gasteiger partial charge in [0.25, 0.3) is 11.8 Å². The van der Waals surface area contributed by atoms with Crippen LogP contribution in [0, 0.1) is 0 Å². The topological polar surface area (TPSA) is 114 Å². The number of hydrogen-bond donors (Lipinski definition) is 1. The highest BCUT2D eigenvalue weighted by Gasteiger charge is 2.50. The van der Waals surface area contributed by atoms with Crippen molar-refractivity contribution in [1.29, 1.82) is 0 Å². The van der Waals surface area contributed by atoms with Gasteiger partial charge in [-0.15, -0.1) is 0 Å². The number of carbonyl (C=O) groups is 4. The smallest absolute Gasteiger partial charge is 0.307 e. The van der Waals surface area contributed by atoms with E-state index in [1.54, 1.807) is 36.4 Å². The second-order valence-electron chi connectivity index (χ2n) is 7.44. The van der Waals surface area contributed by atoms with Crippen LogP contribution in [0.4, 0.5) is 5.69 Å². The van der Waals surface area contributed by atoms with Crippen LogP contribution in [0.1, 0.15) is 38.9 Å². The summed E-state index contributed by atoms with van der Waals surface area (Å²) in [5.74, 6) is -1.01. The molecule has 2 aromatic rings. The van der Waals surface area contributed by atoms with E-state index in [0.717, 1.165) is 0 Å². The van der Waals surface area contributed by atoms with E-state index in [2.05, 4.69) is 10.1 Å². The maximum Gasteiger partial charge on any atom is 0.307 e. The quantitative estimate of drug-likeness (QED) is 0.632. The van der Waals surface area contributed by atoms with E-state index in [-0.39, 0.29) is 42.6 Å². The average molecular weight is 453 g/mol. The van der Waals surface area contributed by atoms with Crippen LogP contribution in [-0.2, 0) is 14.3 Å². The fourth-order valence-corrected chi connectivity index (χ4v) is 4.20. The summed E-state index contributed by atoms with van der Waals surface area (Å²) in [5.41, 5.74) is 1.57. The molecule has 1 N–H and O–H groups in total. The number of ether oxygens (including phenoxy) is 3. The first-order valence-electron chi connectivity index (χ1n) is 10.2. The average Bonchev–Trinajstić information content (AvgIpc) is 3.13. The third-order valence-corrected chi connectivity index (χ3v) is 5.68. The van der Waals surface area contributed by atoms with Gasteiger partial charge in [-0.1, -0.05) is 18.2 Å². The number of fused-ring (bicyclic) bond motifs is 5. The zero-order chi connectivity index (χ0) is 23.7. The van der Waals surface area contributed by atoms with E-state index in [9.17, 15) is 19.2 Å². The second-order valence-corrected chi connectivity index (χ2v) is 7.44. The molecule has 0 fully saturated rings. The molecule has 172 valence electrons. The lowest BCUT2D eigenvalue weighted by molar-refractivity contribution is -0.140. The number of methoxy groups -OCH3 is 3. The van der Waals surface area contributed by atoms with Gasteiger partial charge in [0.2, 0.25) is 5.91 Å². The third kappa shape index (κ3) is 3.63. The number of benzene rings is 2. The lowest BCUT2D eigenvalue weighted by Crippen LogP contribution is -2.51. The lowest BCUT2D eigenvalue weighted by atomic mass is 10.0. The predicted molar refractivity (Wildman–Crippen MR) is 116 cm³/mol. The summed E-state index contributed by atoms with van der Waals surface area (Å²) in [6, 6.07) is 10.1. The highest BCUT2D eigenvalue weighted by molar-refractivity contribution is 6.18. The van der Waals surface area contributed by atoms with Crippen molar-refractivity contribution < 1.29 is 33.4 Å². The third-order valence-electron chi connectivity index (χ3n) is 5.68. The van der Waals surface area contributed by atoms with Gasteiger partial charge in [-0.2, -0.15) is 0 Å². The van der Waals surface area contributed by atoms with Crippen molar-refractivity contribution in [3.05, 3.63) is 53.1 Å². The summed E-state index contributed by atoms with van der Waals surface area (Å²) >= 11 is 0. The Bertz CT molecular complexity index is 1150. The molecule has 2 heterocycles. The molecule has 0 radical (unpaired) electrons. The fraction of sp³-hybridized carbons (Fsp3) is 0.304. The Morgan fingerprint density at radius 1 is 1.00 bits per heavy atom. The van der Waals surface area contributed by atoms with Gasteiger partial charge in [0.05, 0.1) is 44.6 Å². The van der Waals surface area contributed by atoms with E-state index in [4.69, 9.17) is 9.47 Å². The number of esters is 1. The normalized spacial score (nSPS) is 16.0. The summed E-state index contributed by atoms with van der Waals surface area (Å²) in [7, 11) is 4.18. The second kappa shape index (κ2) is 8.81. The first-order chi connectivity index (χ1) is 15.9. The summed E-state index contributed by atoms with van der Waals surface area (Å²) in [6.45, 7) is -0.240. The Kier molecular flexibility index (Phi) is 5.91. The van der Waals surface area contributed by atoms with Gasteiger partial charge < -0.3 is 24.4 Å². The minimum Gasteiger partial charge on any atom is -0.493 e. The standard InChI is InChI=1S/C23H23N3O7/c1-31-16-9-8-14-19(20(16)33-3)23(30)26-15-7-5-4-6-13(15)22(29)25(21(14)26)12-17(27)24-11-10-18(28)32-2/h4-9,21H,10-12H2,1-3H3,(H,24,27)/t21-/m1/s1. The molecule has 3 amide bonds. The number of rotatable bonds is 7. The van der Waals surface area contributed by atoms with Crippen LogP contribution >= 0.6 is 0 Å². The molecule has 0 bridgehead atoms. The Balaban J connectivity index is 1.74. The molecule has 2 aliphatic rings. The Hall–Kier alpha value is -4.08. The Labute approximate surface area is 190 Å². The van der Waals surface area contributed by atoms with E-state index in [1.165, 1.54) is 31.1 Å². The molecule has 0 aromatic heterocycles. The molecule has 10 heteroatoms. The van der Waals surface area contributed by atoms with Crippen molar-refractivity contribution in [3.63, 3.8) is 0 Å². The summed E-state index contributed by atoms with van der Waals surface area (Å²) in [6.07, 6.45) is -0.826. The van der Waals surface area contributed by atoms with Crippen LogP contribution in [-0.4, -0.2) is 63.0 Å². The fourth-order valence-electron chi connectivity index (χ4n) is 4.20.